The zero-order valence-corrected chi connectivity index (χ0v) is 14.6. The Morgan fingerprint density at radius 2 is 1.86 bits per heavy atom. The number of para-hydroxylation sites is 1. The third-order valence-electron chi connectivity index (χ3n) is 4.03. The Kier molecular flexibility index (Phi) is 4.82. The molecule has 0 aliphatic heterocycles. The van der Waals surface area contributed by atoms with Crippen molar-refractivity contribution in [1.29, 1.82) is 0 Å². The van der Waals surface area contributed by atoms with Gasteiger partial charge in [-0.2, -0.15) is 0 Å². The number of aromatic carboxylic acids is 1. The summed E-state index contributed by atoms with van der Waals surface area (Å²) < 4.78 is 0.936. The fraction of sp³-hybridized carbons (Fsp3) is 0.0526. The molecule has 0 bridgehead atoms. The van der Waals surface area contributed by atoms with Gasteiger partial charge < -0.3 is 15.3 Å². The molecular weight excluding hydrogens is 366 g/mol. The molecule has 9 nitrogen and oxygen atoms in total. The van der Waals surface area contributed by atoms with Crippen molar-refractivity contribution in [3.8, 4) is 17.3 Å². The van der Waals surface area contributed by atoms with E-state index in [2.05, 4.69) is 9.98 Å². The lowest BCUT2D eigenvalue weighted by Crippen LogP contribution is -2.31. The predicted molar refractivity (Wildman–Crippen MR) is 101 cm³/mol. The van der Waals surface area contributed by atoms with E-state index in [9.17, 15) is 24.6 Å². The fourth-order valence-corrected chi connectivity index (χ4v) is 2.59. The number of phenolic OH excluding ortho intramolecular Hbond substituents is 1. The van der Waals surface area contributed by atoms with Crippen LogP contribution in [0.5, 0.6) is 11.6 Å². The number of carboxylic acids is 1. The summed E-state index contributed by atoms with van der Waals surface area (Å²) in [7, 11) is 0. The van der Waals surface area contributed by atoms with Crippen molar-refractivity contribution in [3.05, 3.63) is 80.0 Å². The summed E-state index contributed by atoms with van der Waals surface area (Å²) in [5.41, 5.74) is -1.06. The lowest BCUT2D eigenvalue weighted by Gasteiger charge is -2.11. The second-order valence-corrected chi connectivity index (χ2v) is 5.89. The molecule has 1 aromatic heterocycles. The average molecular weight is 381 g/mol. The number of aromatic nitrogens is 2. The standard InChI is InChI=1S/C19H15N3O6/c1-10-4-2-3-5-14(10)22-17(25)12(16(24)21-19(22)28)9-20-13-7-6-11(18(26)27)8-15(13)23/h2-9,23,25H,1H3,(H,26,27)(H,21,24,28). The molecule has 4 N–H and O–H groups in total. The van der Waals surface area contributed by atoms with Crippen molar-refractivity contribution in [2.24, 2.45) is 4.99 Å². The van der Waals surface area contributed by atoms with Gasteiger partial charge in [-0.1, -0.05) is 18.2 Å². The van der Waals surface area contributed by atoms with Gasteiger partial charge in [-0.25, -0.2) is 14.2 Å². The Morgan fingerprint density at radius 3 is 2.50 bits per heavy atom. The topological polar surface area (TPSA) is 145 Å². The van der Waals surface area contributed by atoms with E-state index in [0.29, 0.717) is 11.3 Å². The number of rotatable bonds is 4. The summed E-state index contributed by atoms with van der Waals surface area (Å²) in [5.74, 6) is -2.25. The van der Waals surface area contributed by atoms with Gasteiger partial charge in [0, 0.05) is 6.21 Å². The van der Waals surface area contributed by atoms with E-state index in [-0.39, 0.29) is 16.8 Å². The SMILES string of the molecule is Cc1ccccc1-n1c(O)c(C=Nc2ccc(C(=O)O)cc2O)c(=O)[nH]c1=O. The number of H-pyrrole nitrogens is 1. The van der Waals surface area contributed by atoms with Crippen molar-refractivity contribution in [2.45, 2.75) is 6.92 Å². The molecule has 142 valence electrons. The molecule has 9 heteroatoms. The van der Waals surface area contributed by atoms with Crippen molar-refractivity contribution in [1.82, 2.24) is 9.55 Å². The van der Waals surface area contributed by atoms with Gasteiger partial charge in [0.25, 0.3) is 5.56 Å². The van der Waals surface area contributed by atoms with Crippen LogP contribution in [0, 0.1) is 6.92 Å². The van der Waals surface area contributed by atoms with E-state index < -0.39 is 28.8 Å². The summed E-state index contributed by atoms with van der Waals surface area (Å²) in [6.45, 7) is 1.74. The maximum atomic E-state index is 12.2. The van der Waals surface area contributed by atoms with Crippen LogP contribution in [0.25, 0.3) is 5.69 Å². The van der Waals surface area contributed by atoms with Crippen LogP contribution >= 0.6 is 0 Å². The number of aromatic hydroxyl groups is 2. The fourth-order valence-electron chi connectivity index (χ4n) is 2.59. The highest BCUT2D eigenvalue weighted by Crippen LogP contribution is 2.27. The van der Waals surface area contributed by atoms with Crippen LogP contribution in [0.1, 0.15) is 21.5 Å². The molecule has 3 aromatic rings. The molecule has 1 heterocycles. The van der Waals surface area contributed by atoms with Crippen molar-refractivity contribution in [2.75, 3.05) is 0 Å². The largest absolute Gasteiger partial charge is 0.506 e. The van der Waals surface area contributed by atoms with Gasteiger partial charge in [-0.15, -0.1) is 0 Å². The summed E-state index contributed by atoms with van der Waals surface area (Å²) in [5, 5.41) is 29.3. The van der Waals surface area contributed by atoms with Crippen LogP contribution in [0.15, 0.2) is 57.0 Å². The van der Waals surface area contributed by atoms with Crippen LogP contribution in [0.4, 0.5) is 5.69 Å². The first-order valence-corrected chi connectivity index (χ1v) is 8.04. The van der Waals surface area contributed by atoms with Crippen LogP contribution < -0.4 is 11.2 Å². The Hall–Kier alpha value is -4.14. The Balaban J connectivity index is 2.11. The highest BCUT2D eigenvalue weighted by Gasteiger charge is 2.15. The highest BCUT2D eigenvalue weighted by atomic mass is 16.4. The Labute approximate surface area is 157 Å². The monoisotopic (exact) mass is 381 g/mol. The zero-order valence-electron chi connectivity index (χ0n) is 14.6. The van der Waals surface area contributed by atoms with E-state index in [1.165, 1.54) is 12.1 Å². The first kappa shape index (κ1) is 18.6. The molecule has 2 aromatic carbocycles. The van der Waals surface area contributed by atoms with Gasteiger partial charge in [0.05, 0.1) is 11.3 Å². The number of phenols is 1. The van der Waals surface area contributed by atoms with E-state index >= 15 is 0 Å². The van der Waals surface area contributed by atoms with E-state index in [1.807, 2.05) is 0 Å². The number of nitrogens with zero attached hydrogens (tertiary/aromatic N) is 2. The number of carboxylic acid groups (broad SMARTS) is 1. The second-order valence-electron chi connectivity index (χ2n) is 5.89. The lowest BCUT2D eigenvalue weighted by atomic mass is 10.2. The molecule has 0 spiro atoms. The van der Waals surface area contributed by atoms with Gasteiger partial charge in [-0.05, 0) is 36.8 Å². The van der Waals surface area contributed by atoms with Crippen molar-refractivity contribution < 1.29 is 20.1 Å². The summed E-state index contributed by atoms with van der Waals surface area (Å²) in [6.07, 6.45) is 0.984. The van der Waals surface area contributed by atoms with Gasteiger partial charge >= 0.3 is 11.7 Å². The Bertz CT molecular complexity index is 1220. The Morgan fingerprint density at radius 1 is 1.14 bits per heavy atom. The first-order chi connectivity index (χ1) is 13.3. The van der Waals surface area contributed by atoms with E-state index in [0.717, 1.165) is 16.8 Å². The van der Waals surface area contributed by atoms with Gasteiger partial charge in [0.1, 0.15) is 17.0 Å². The second kappa shape index (κ2) is 7.23. The zero-order chi connectivity index (χ0) is 20.4. The number of carbonyl (C=O) groups is 1. The van der Waals surface area contributed by atoms with Crippen molar-refractivity contribution >= 4 is 17.9 Å². The van der Waals surface area contributed by atoms with Gasteiger partial charge in [-0.3, -0.25) is 14.8 Å². The molecule has 0 saturated heterocycles. The van der Waals surface area contributed by atoms with Gasteiger partial charge in [0.15, 0.2) is 0 Å². The number of aliphatic imine (C=N–C) groups is 1. The molecule has 0 aliphatic carbocycles. The summed E-state index contributed by atoms with van der Waals surface area (Å²) in [4.78, 5) is 41.3. The third-order valence-corrected chi connectivity index (χ3v) is 4.03. The molecule has 0 aliphatic rings. The number of aryl methyl sites for hydroxylation is 1. The van der Waals surface area contributed by atoms with Gasteiger partial charge in [0.2, 0.25) is 5.88 Å². The smallest absolute Gasteiger partial charge is 0.335 e. The number of benzene rings is 2. The molecule has 0 unspecified atom stereocenters. The molecule has 28 heavy (non-hydrogen) atoms. The molecular formula is C19H15N3O6. The molecule has 0 radical (unpaired) electrons. The van der Waals surface area contributed by atoms with Crippen LogP contribution in [0.3, 0.4) is 0 Å². The maximum absolute atomic E-state index is 12.2. The van der Waals surface area contributed by atoms with Crippen molar-refractivity contribution in [3.63, 3.8) is 0 Å². The quantitative estimate of drug-likeness (QED) is 0.506. The molecule has 0 saturated carbocycles. The third kappa shape index (κ3) is 3.40. The minimum Gasteiger partial charge on any atom is -0.506 e. The summed E-state index contributed by atoms with van der Waals surface area (Å²) >= 11 is 0. The molecule has 0 atom stereocenters. The molecule has 0 fully saturated rings. The highest BCUT2D eigenvalue weighted by molar-refractivity contribution is 5.90. The predicted octanol–water partition coefficient (Wildman–Crippen LogP) is 1.69. The van der Waals surface area contributed by atoms with Crippen LogP contribution in [0.2, 0.25) is 0 Å². The lowest BCUT2D eigenvalue weighted by molar-refractivity contribution is 0.0696. The minimum atomic E-state index is -1.22. The number of nitrogens with one attached hydrogen (secondary N) is 1. The molecule has 0 amide bonds. The molecule has 3 rings (SSSR count). The number of hydrogen-bond donors (Lipinski definition) is 4. The minimum absolute atomic E-state index is 0.0163. The first-order valence-electron chi connectivity index (χ1n) is 8.04. The number of aromatic amines is 1. The van der Waals surface area contributed by atoms with Crippen LogP contribution in [-0.4, -0.2) is 37.1 Å². The van der Waals surface area contributed by atoms with Crippen LogP contribution in [-0.2, 0) is 0 Å². The summed E-state index contributed by atoms with van der Waals surface area (Å²) in [6, 6.07) is 10.3. The normalized spacial score (nSPS) is 11.0. The average Bonchev–Trinajstić information content (AvgIpc) is 2.63. The van der Waals surface area contributed by atoms with E-state index in [4.69, 9.17) is 5.11 Å². The maximum Gasteiger partial charge on any atom is 0.335 e. The number of hydrogen-bond acceptors (Lipinski definition) is 6. The van der Waals surface area contributed by atoms with E-state index in [1.54, 1.807) is 31.2 Å².